The third-order valence-electron chi connectivity index (χ3n) is 2.95. The van der Waals surface area contributed by atoms with E-state index in [9.17, 15) is 4.79 Å². The first-order valence-electron chi connectivity index (χ1n) is 6.21. The lowest BCUT2D eigenvalue weighted by Gasteiger charge is -2.16. The summed E-state index contributed by atoms with van der Waals surface area (Å²) in [6, 6.07) is 0. The van der Waals surface area contributed by atoms with Crippen LogP contribution in [0.25, 0.3) is 6.08 Å². The van der Waals surface area contributed by atoms with E-state index in [1.807, 2.05) is 31.7 Å². The van der Waals surface area contributed by atoms with E-state index in [4.69, 9.17) is 4.52 Å². The Morgan fingerprint density at radius 2 is 2.33 bits per heavy atom. The summed E-state index contributed by atoms with van der Waals surface area (Å²) in [7, 11) is 0. The van der Waals surface area contributed by atoms with Crippen molar-refractivity contribution in [2.24, 2.45) is 0 Å². The molecule has 0 aliphatic carbocycles. The second-order valence-corrected chi connectivity index (χ2v) is 5.48. The van der Waals surface area contributed by atoms with Crippen molar-refractivity contribution < 1.29 is 9.32 Å². The molecular formula is C13H18N2O2S. The van der Waals surface area contributed by atoms with E-state index >= 15 is 0 Å². The standard InChI is InChI=1S/C13H18N2O2S/c1-4-5-12(16)15-6-7-18-13(15)8-11-9(2)14-17-10(11)3/h8H,4-7H2,1-3H3/b13-8+. The summed E-state index contributed by atoms with van der Waals surface area (Å²) >= 11 is 1.72. The molecule has 1 fully saturated rings. The fourth-order valence-electron chi connectivity index (χ4n) is 1.97. The highest BCUT2D eigenvalue weighted by molar-refractivity contribution is 8.03. The monoisotopic (exact) mass is 266 g/mol. The van der Waals surface area contributed by atoms with Crippen LogP contribution < -0.4 is 0 Å². The first-order chi connectivity index (χ1) is 8.63. The van der Waals surface area contributed by atoms with E-state index < -0.39 is 0 Å². The Balaban J connectivity index is 2.24. The van der Waals surface area contributed by atoms with Crippen LogP contribution in [-0.4, -0.2) is 28.3 Å². The molecule has 0 unspecified atom stereocenters. The molecule has 1 aromatic rings. The number of aryl methyl sites for hydroxylation is 2. The minimum atomic E-state index is 0.209. The number of carbonyl (C=O) groups is 1. The molecule has 0 bridgehead atoms. The molecule has 0 saturated carbocycles. The average molecular weight is 266 g/mol. The van der Waals surface area contributed by atoms with Gasteiger partial charge in [-0.25, -0.2) is 0 Å². The minimum absolute atomic E-state index is 0.209. The summed E-state index contributed by atoms with van der Waals surface area (Å²) in [6.45, 7) is 6.64. The zero-order valence-corrected chi connectivity index (χ0v) is 11.8. The predicted molar refractivity (Wildman–Crippen MR) is 73.0 cm³/mol. The predicted octanol–water partition coefficient (Wildman–Crippen LogP) is 2.97. The van der Waals surface area contributed by atoms with Crippen LogP contribution in [0.15, 0.2) is 9.55 Å². The molecule has 4 nitrogen and oxygen atoms in total. The molecule has 0 aromatic carbocycles. The molecule has 0 atom stereocenters. The van der Waals surface area contributed by atoms with Crippen molar-refractivity contribution in [1.82, 2.24) is 10.1 Å². The smallest absolute Gasteiger partial charge is 0.227 e. The molecule has 5 heteroatoms. The number of nitrogens with zero attached hydrogens (tertiary/aromatic N) is 2. The molecule has 1 saturated heterocycles. The van der Waals surface area contributed by atoms with Crippen LogP contribution in [0.1, 0.15) is 36.8 Å². The molecule has 1 aliphatic heterocycles. The summed E-state index contributed by atoms with van der Waals surface area (Å²) in [5.74, 6) is 1.97. The number of hydrogen-bond acceptors (Lipinski definition) is 4. The third-order valence-corrected chi connectivity index (χ3v) is 3.97. The molecule has 0 N–H and O–H groups in total. The Bertz CT molecular complexity index is 460. The van der Waals surface area contributed by atoms with Crippen molar-refractivity contribution in [2.75, 3.05) is 12.3 Å². The van der Waals surface area contributed by atoms with Gasteiger partial charge in [-0.1, -0.05) is 12.1 Å². The van der Waals surface area contributed by atoms with Gasteiger partial charge in [-0.05, 0) is 26.3 Å². The van der Waals surface area contributed by atoms with E-state index in [-0.39, 0.29) is 5.91 Å². The fourth-order valence-corrected chi connectivity index (χ4v) is 3.00. The van der Waals surface area contributed by atoms with Crippen molar-refractivity contribution in [1.29, 1.82) is 0 Å². The van der Waals surface area contributed by atoms with Gasteiger partial charge in [-0.2, -0.15) is 0 Å². The van der Waals surface area contributed by atoms with Crippen molar-refractivity contribution in [2.45, 2.75) is 33.6 Å². The molecule has 0 radical (unpaired) electrons. The van der Waals surface area contributed by atoms with E-state index in [1.165, 1.54) is 0 Å². The highest BCUT2D eigenvalue weighted by Gasteiger charge is 2.24. The molecule has 0 spiro atoms. The Hall–Kier alpha value is -1.23. The molecule has 2 heterocycles. The average Bonchev–Trinajstić information content (AvgIpc) is 2.91. The maximum absolute atomic E-state index is 12.0. The summed E-state index contributed by atoms with van der Waals surface area (Å²) < 4.78 is 5.14. The van der Waals surface area contributed by atoms with Crippen LogP contribution in [0.3, 0.4) is 0 Å². The van der Waals surface area contributed by atoms with Gasteiger partial charge in [0.05, 0.1) is 10.7 Å². The molecule has 1 aromatic heterocycles. The van der Waals surface area contributed by atoms with Gasteiger partial charge in [0.25, 0.3) is 0 Å². The van der Waals surface area contributed by atoms with Gasteiger partial charge in [0.15, 0.2) is 0 Å². The number of aromatic nitrogens is 1. The van der Waals surface area contributed by atoms with Crippen LogP contribution in [-0.2, 0) is 4.79 Å². The molecule has 1 amide bonds. The van der Waals surface area contributed by atoms with Crippen LogP contribution in [0, 0.1) is 13.8 Å². The maximum atomic E-state index is 12.0. The Labute approximate surface area is 111 Å². The fraction of sp³-hybridized carbons (Fsp3) is 0.538. The lowest BCUT2D eigenvalue weighted by Crippen LogP contribution is -2.26. The number of carbonyl (C=O) groups excluding carboxylic acids is 1. The summed E-state index contributed by atoms with van der Waals surface area (Å²) in [6.07, 6.45) is 3.52. The lowest BCUT2D eigenvalue weighted by atomic mass is 10.2. The number of hydrogen-bond donors (Lipinski definition) is 0. The van der Waals surface area contributed by atoms with E-state index in [0.29, 0.717) is 6.42 Å². The Morgan fingerprint density at radius 1 is 1.56 bits per heavy atom. The van der Waals surface area contributed by atoms with Crippen molar-refractivity contribution in [3.8, 4) is 0 Å². The molecule has 18 heavy (non-hydrogen) atoms. The Morgan fingerprint density at radius 3 is 2.94 bits per heavy atom. The van der Waals surface area contributed by atoms with Gasteiger partial charge < -0.3 is 9.42 Å². The molecule has 1 aliphatic rings. The molecule has 98 valence electrons. The van der Waals surface area contributed by atoms with Gasteiger partial charge in [-0.3, -0.25) is 4.79 Å². The van der Waals surface area contributed by atoms with Crippen LogP contribution in [0.2, 0.25) is 0 Å². The SMILES string of the molecule is CCCC(=O)N1CCS/C1=C/c1c(C)noc1C. The topological polar surface area (TPSA) is 46.3 Å². The summed E-state index contributed by atoms with van der Waals surface area (Å²) in [5, 5.41) is 4.95. The highest BCUT2D eigenvalue weighted by atomic mass is 32.2. The number of amides is 1. The first kappa shape index (κ1) is 13.2. The second-order valence-electron chi connectivity index (χ2n) is 4.36. The molecular weight excluding hydrogens is 248 g/mol. The summed E-state index contributed by atoms with van der Waals surface area (Å²) in [4.78, 5) is 13.9. The van der Waals surface area contributed by atoms with Gasteiger partial charge in [0, 0.05) is 24.3 Å². The first-order valence-corrected chi connectivity index (χ1v) is 7.19. The minimum Gasteiger partial charge on any atom is -0.361 e. The second kappa shape index (κ2) is 5.61. The maximum Gasteiger partial charge on any atom is 0.227 e. The quantitative estimate of drug-likeness (QED) is 0.844. The van der Waals surface area contributed by atoms with Crippen LogP contribution in [0.5, 0.6) is 0 Å². The lowest BCUT2D eigenvalue weighted by molar-refractivity contribution is -0.128. The zero-order valence-electron chi connectivity index (χ0n) is 11.0. The van der Waals surface area contributed by atoms with Gasteiger partial charge >= 0.3 is 0 Å². The number of thioether (sulfide) groups is 1. The normalized spacial score (nSPS) is 17.7. The summed E-state index contributed by atoms with van der Waals surface area (Å²) in [5.41, 5.74) is 1.86. The number of rotatable bonds is 3. The van der Waals surface area contributed by atoms with E-state index in [0.717, 1.165) is 40.8 Å². The van der Waals surface area contributed by atoms with Crippen LogP contribution >= 0.6 is 11.8 Å². The van der Waals surface area contributed by atoms with E-state index in [2.05, 4.69) is 5.16 Å². The Kier molecular flexibility index (Phi) is 4.11. The van der Waals surface area contributed by atoms with Crippen molar-refractivity contribution in [3.63, 3.8) is 0 Å². The van der Waals surface area contributed by atoms with Crippen LogP contribution in [0.4, 0.5) is 0 Å². The largest absolute Gasteiger partial charge is 0.361 e. The van der Waals surface area contributed by atoms with Gasteiger partial charge in [0.2, 0.25) is 5.91 Å². The van der Waals surface area contributed by atoms with Crippen molar-refractivity contribution >= 4 is 23.7 Å². The van der Waals surface area contributed by atoms with Gasteiger partial charge in [0.1, 0.15) is 5.76 Å². The van der Waals surface area contributed by atoms with E-state index in [1.54, 1.807) is 11.8 Å². The highest BCUT2D eigenvalue weighted by Crippen LogP contribution is 2.31. The van der Waals surface area contributed by atoms with Gasteiger partial charge in [-0.15, -0.1) is 11.8 Å². The zero-order chi connectivity index (χ0) is 13.1. The third kappa shape index (κ3) is 2.61. The molecule has 2 rings (SSSR count). The van der Waals surface area contributed by atoms with Crippen molar-refractivity contribution in [3.05, 3.63) is 22.0 Å².